The molecule has 0 aliphatic carbocycles. The maximum atomic E-state index is 13.1. The van der Waals surface area contributed by atoms with E-state index < -0.39 is 29.4 Å². The monoisotopic (exact) mass is 480 g/mol. The van der Waals surface area contributed by atoms with Gasteiger partial charge in [-0.1, -0.05) is 6.07 Å². The smallest absolute Gasteiger partial charge is 0.416 e. The van der Waals surface area contributed by atoms with Crippen LogP contribution in [0.25, 0.3) is 11.3 Å². The van der Waals surface area contributed by atoms with Crippen molar-refractivity contribution in [2.75, 3.05) is 11.4 Å². The third-order valence-electron chi connectivity index (χ3n) is 4.17. The highest BCUT2D eigenvalue weighted by atomic mass is 32.1. The molecule has 12 heteroatoms. The molecule has 0 saturated heterocycles. The van der Waals surface area contributed by atoms with Crippen LogP contribution in [-0.2, 0) is 23.7 Å². The van der Waals surface area contributed by atoms with Gasteiger partial charge >= 0.3 is 18.3 Å². The molecule has 1 N–H and O–H groups in total. The fourth-order valence-electron chi connectivity index (χ4n) is 2.71. The second-order valence-corrected chi connectivity index (χ2v) is 8.32. The van der Waals surface area contributed by atoms with Crippen LogP contribution in [0.5, 0.6) is 0 Å². The van der Waals surface area contributed by atoms with Gasteiger partial charge in [-0.25, -0.2) is 4.98 Å². The number of halogens is 6. The fraction of sp³-hybridized carbons (Fsp3) is 0.263. The van der Waals surface area contributed by atoms with E-state index in [4.69, 9.17) is 5.11 Å². The lowest BCUT2D eigenvalue weighted by atomic mass is 10.0. The molecule has 31 heavy (non-hydrogen) atoms. The van der Waals surface area contributed by atoms with Gasteiger partial charge in [0.05, 0.1) is 29.8 Å². The van der Waals surface area contributed by atoms with Crippen molar-refractivity contribution in [2.24, 2.45) is 0 Å². The summed E-state index contributed by atoms with van der Waals surface area (Å²) in [5, 5.41) is 12.5. The van der Waals surface area contributed by atoms with Crippen LogP contribution >= 0.6 is 22.7 Å². The minimum absolute atomic E-state index is 0.0527. The summed E-state index contributed by atoms with van der Waals surface area (Å²) in [6, 6.07) is 4.94. The van der Waals surface area contributed by atoms with Gasteiger partial charge in [-0.05, 0) is 29.6 Å². The molecule has 1 aromatic carbocycles. The maximum Gasteiger partial charge on any atom is 0.416 e. The zero-order valence-corrected chi connectivity index (χ0v) is 17.1. The molecule has 0 radical (unpaired) electrons. The molecule has 0 amide bonds. The summed E-state index contributed by atoms with van der Waals surface area (Å²) in [5.74, 6) is -1.04. The molecule has 0 aliphatic rings. The third kappa shape index (κ3) is 5.97. The normalized spacial score (nSPS) is 12.2. The van der Waals surface area contributed by atoms with Crippen molar-refractivity contribution < 1.29 is 36.2 Å². The summed E-state index contributed by atoms with van der Waals surface area (Å²) in [5.41, 5.74) is -3.22. The highest BCUT2D eigenvalue weighted by molar-refractivity contribution is 7.14. The number of carboxylic acid groups (broad SMARTS) is 1. The molecule has 3 rings (SSSR count). The van der Waals surface area contributed by atoms with Crippen molar-refractivity contribution in [2.45, 2.75) is 25.3 Å². The molecule has 0 saturated carbocycles. The van der Waals surface area contributed by atoms with Crippen molar-refractivity contribution >= 4 is 33.8 Å². The molecule has 0 fully saturated rings. The van der Waals surface area contributed by atoms with E-state index in [1.807, 2.05) is 17.5 Å². The van der Waals surface area contributed by atoms with Crippen LogP contribution in [-0.4, -0.2) is 22.6 Å². The first-order valence-corrected chi connectivity index (χ1v) is 10.4. The first-order valence-electron chi connectivity index (χ1n) is 8.68. The van der Waals surface area contributed by atoms with E-state index in [9.17, 15) is 31.1 Å². The number of hydrogen-bond donors (Lipinski definition) is 1. The number of rotatable bonds is 7. The van der Waals surface area contributed by atoms with Crippen LogP contribution in [0.3, 0.4) is 0 Å². The van der Waals surface area contributed by atoms with E-state index in [0.717, 1.165) is 16.2 Å². The topological polar surface area (TPSA) is 53.4 Å². The Hall–Kier alpha value is -2.60. The Kier molecular flexibility index (Phi) is 6.60. The van der Waals surface area contributed by atoms with Gasteiger partial charge in [0.25, 0.3) is 0 Å². The molecule has 0 bridgehead atoms. The summed E-state index contributed by atoms with van der Waals surface area (Å²) in [4.78, 5) is 17.7. The lowest BCUT2D eigenvalue weighted by molar-refractivity contribution is -0.143. The van der Waals surface area contributed by atoms with Gasteiger partial charge in [-0.2, -0.15) is 26.3 Å². The molecule has 4 nitrogen and oxygen atoms in total. The predicted octanol–water partition coefficient (Wildman–Crippen LogP) is 6.39. The number of thiazole rings is 1. The third-order valence-corrected chi connectivity index (χ3v) is 5.93. The van der Waals surface area contributed by atoms with Gasteiger partial charge in [-0.15, -0.1) is 22.7 Å². The van der Waals surface area contributed by atoms with Crippen LogP contribution in [0.2, 0.25) is 0 Å². The number of alkyl halides is 6. The van der Waals surface area contributed by atoms with Gasteiger partial charge in [0, 0.05) is 22.4 Å². The van der Waals surface area contributed by atoms with Crippen molar-refractivity contribution in [3.63, 3.8) is 0 Å². The van der Waals surface area contributed by atoms with Gasteiger partial charge in [0.2, 0.25) is 0 Å². The summed E-state index contributed by atoms with van der Waals surface area (Å²) in [6.45, 7) is 0.394. The van der Waals surface area contributed by atoms with E-state index in [-0.39, 0.29) is 30.3 Å². The average Bonchev–Trinajstić information content (AvgIpc) is 3.35. The van der Waals surface area contributed by atoms with Crippen LogP contribution in [0.1, 0.15) is 22.4 Å². The molecule has 2 heterocycles. The Morgan fingerprint density at radius 3 is 2.19 bits per heavy atom. The van der Waals surface area contributed by atoms with E-state index in [1.54, 1.807) is 4.90 Å². The SMILES string of the molecule is O=C(O)CCN(Cc1cccs1)c1nc(-c2cc(C(F)(F)F)cc(C(F)(F)F)c2)cs1. The first-order chi connectivity index (χ1) is 14.4. The predicted molar refractivity (Wildman–Crippen MR) is 105 cm³/mol. The zero-order valence-electron chi connectivity index (χ0n) is 15.5. The van der Waals surface area contributed by atoms with E-state index in [0.29, 0.717) is 23.8 Å². The lowest BCUT2D eigenvalue weighted by Gasteiger charge is -2.20. The molecule has 0 unspecified atom stereocenters. The Morgan fingerprint density at radius 1 is 1.03 bits per heavy atom. The number of aliphatic carboxylic acids is 1. The average molecular weight is 480 g/mol. The van der Waals surface area contributed by atoms with E-state index >= 15 is 0 Å². The lowest BCUT2D eigenvalue weighted by Crippen LogP contribution is -2.25. The highest BCUT2D eigenvalue weighted by Crippen LogP contribution is 2.39. The molecule has 3 aromatic rings. The number of hydrogen-bond acceptors (Lipinski definition) is 5. The summed E-state index contributed by atoms with van der Waals surface area (Å²) in [7, 11) is 0. The van der Waals surface area contributed by atoms with Crippen LogP contribution in [0, 0.1) is 0 Å². The molecule has 0 atom stereocenters. The number of nitrogens with zero attached hydrogens (tertiary/aromatic N) is 2. The number of carboxylic acids is 1. The molecule has 166 valence electrons. The van der Waals surface area contributed by atoms with Crippen LogP contribution < -0.4 is 4.90 Å². The Bertz CT molecular complexity index is 1010. The maximum absolute atomic E-state index is 13.1. The second kappa shape index (κ2) is 8.87. The van der Waals surface area contributed by atoms with Crippen molar-refractivity contribution in [1.82, 2.24) is 4.98 Å². The number of thiophene rings is 1. The molecular weight excluding hydrogens is 466 g/mol. The fourth-order valence-corrected chi connectivity index (χ4v) is 4.29. The molecule has 2 aromatic heterocycles. The van der Waals surface area contributed by atoms with Crippen molar-refractivity contribution in [1.29, 1.82) is 0 Å². The van der Waals surface area contributed by atoms with Gasteiger partial charge in [0.1, 0.15) is 0 Å². The van der Waals surface area contributed by atoms with E-state index in [1.165, 1.54) is 16.7 Å². The van der Waals surface area contributed by atoms with Crippen LogP contribution in [0.15, 0.2) is 41.1 Å². The second-order valence-electron chi connectivity index (χ2n) is 6.45. The first kappa shape index (κ1) is 23.1. The minimum Gasteiger partial charge on any atom is -0.481 e. The van der Waals surface area contributed by atoms with Gasteiger partial charge < -0.3 is 10.0 Å². The molecular formula is C19H14F6N2O2S2. The van der Waals surface area contributed by atoms with Crippen molar-refractivity contribution in [3.8, 4) is 11.3 Å². The summed E-state index contributed by atoms with van der Waals surface area (Å²) in [6.07, 6.45) is -10.1. The number of carbonyl (C=O) groups is 1. The van der Waals surface area contributed by atoms with Gasteiger partial charge in [-0.3, -0.25) is 4.79 Å². The van der Waals surface area contributed by atoms with Crippen LogP contribution in [0.4, 0.5) is 31.5 Å². The zero-order chi connectivity index (χ0) is 22.8. The summed E-state index contributed by atoms with van der Waals surface area (Å²) < 4.78 is 78.8. The summed E-state index contributed by atoms with van der Waals surface area (Å²) >= 11 is 2.45. The molecule has 0 aliphatic heterocycles. The highest BCUT2D eigenvalue weighted by Gasteiger charge is 2.37. The molecule has 0 spiro atoms. The Morgan fingerprint density at radius 2 is 1.68 bits per heavy atom. The minimum atomic E-state index is -4.96. The largest absolute Gasteiger partial charge is 0.481 e. The van der Waals surface area contributed by atoms with Crippen molar-refractivity contribution in [3.05, 3.63) is 57.1 Å². The Balaban J connectivity index is 1.97. The number of benzene rings is 1. The number of aromatic nitrogens is 1. The Labute approximate surface area is 180 Å². The van der Waals surface area contributed by atoms with Gasteiger partial charge in [0.15, 0.2) is 5.13 Å². The number of anilines is 1. The van der Waals surface area contributed by atoms with E-state index in [2.05, 4.69) is 4.98 Å². The standard InChI is InChI=1S/C19H14F6N2O2S2/c20-18(21,22)12-6-11(7-13(8-12)19(23,24)25)15-10-31-17(26-15)27(4-3-16(28)29)9-14-2-1-5-30-14/h1-2,5-8,10H,3-4,9H2,(H,28,29). The quantitative estimate of drug-likeness (QED) is 0.398.